The molecule has 192 valence electrons. The lowest BCUT2D eigenvalue weighted by Crippen LogP contribution is -2.50. The summed E-state index contributed by atoms with van der Waals surface area (Å²) in [6, 6.07) is 16.6. The van der Waals surface area contributed by atoms with Gasteiger partial charge in [-0.15, -0.1) is 0 Å². The van der Waals surface area contributed by atoms with Gasteiger partial charge < -0.3 is 10.2 Å². The molecule has 0 unspecified atom stereocenters. The van der Waals surface area contributed by atoms with E-state index in [0.29, 0.717) is 25.1 Å². The van der Waals surface area contributed by atoms with Gasteiger partial charge in [-0.05, 0) is 63.3 Å². The number of aryl methyl sites for hydroxylation is 1. The van der Waals surface area contributed by atoms with Crippen molar-refractivity contribution in [2.24, 2.45) is 0 Å². The molecule has 1 N–H and O–H groups in total. The molecule has 0 spiro atoms. The van der Waals surface area contributed by atoms with E-state index < -0.39 is 16.1 Å². The van der Waals surface area contributed by atoms with Crippen molar-refractivity contribution in [2.45, 2.75) is 65.5 Å². The van der Waals surface area contributed by atoms with Gasteiger partial charge in [-0.3, -0.25) is 13.9 Å². The van der Waals surface area contributed by atoms with Crippen LogP contribution in [0.15, 0.2) is 54.6 Å². The van der Waals surface area contributed by atoms with Gasteiger partial charge in [0.2, 0.25) is 21.8 Å². The van der Waals surface area contributed by atoms with Gasteiger partial charge in [0, 0.05) is 25.6 Å². The Labute approximate surface area is 210 Å². The van der Waals surface area contributed by atoms with E-state index in [9.17, 15) is 18.0 Å². The number of rotatable bonds is 13. The third kappa shape index (κ3) is 9.02. The van der Waals surface area contributed by atoms with Gasteiger partial charge in [0.15, 0.2) is 0 Å². The first-order valence-electron chi connectivity index (χ1n) is 12.2. The Kier molecular flexibility index (Phi) is 10.8. The minimum atomic E-state index is -3.50. The molecule has 2 aromatic carbocycles. The minimum absolute atomic E-state index is 0.0292. The highest BCUT2D eigenvalue weighted by Crippen LogP contribution is 2.20. The zero-order valence-electron chi connectivity index (χ0n) is 21.5. The number of hydrogen-bond acceptors (Lipinski definition) is 4. The first-order chi connectivity index (χ1) is 16.5. The fraction of sp³-hybridized carbons (Fsp3) is 0.481. The van der Waals surface area contributed by atoms with Crippen molar-refractivity contribution in [3.63, 3.8) is 0 Å². The number of anilines is 1. The molecule has 0 bridgehead atoms. The van der Waals surface area contributed by atoms with Crippen LogP contribution >= 0.6 is 0 Å². The molecule has 0 aromatic heterocycles. The molecule has 7 nitrogen and oxygen atoms in total. The van der Waals surface area contributed by atoms with Crippen molar-refractivity contribution in [2.75, 3.05) is 23.7 Å². The fourth-order valence-corrected chi connectivity index (χ4v) is 4.84. The second kappa shape index (κ2) is 13.3. The molecule has 0 aliphatic carbocycles. The van der Waals surface area contributed by atoms with Crippen molar-refractivity contribution >= 4 is 27.5 Å². The quantitative estimate of drug-likeness (QED) is 0.453. The van der Waals surface area contributed by atoms with Crippen LogP contribution in [-0.2, 0) is 32.5 Å². The first kappa shape index (κ1) is 28.4. The summed E-state index contributed by atoms with van der Waals surface area (Å²) in [6.45, 7) is 8.14. The van der Waals surface area contributed by atoms with Gasteiger partial charge in [-0.25, -0.2) is 8.42 Å². The van der Waals surface area contributed by atoms with Gasteiger partial charge >= 0.3 is 0 Å². The lowest BCUT2D eigenvalue weighted by Gasteiger charge is -2.30. The second-order valence-corrected chi connectivity index (χ2v) is 11.0. The Morgan fingerprint density at radius 1 is 0.914 bits per heavy atom. The normalized spacial score (nSPS) is 12.3. The van der Waals surface area contributed by atoms with Gasteiger partial charge in [0.1, 0.15) is 6.04 Å². The Morgan fingerprint density at radius 3 is 2.09 bits per heavy atom. The molecule has 0 fully saturated rings. The number of nitrogens with zero attached hydrogens (tertiary/aromatic N) is 2. The smallest absolute Gasteiger partial charge is 0.242 e. The summed E-state index contributed by atoms with van der Waals surface area (Å²) < 4.78 is 26.2. The molecule has 0 saturated carbocycles. The van der Waals surface area contributed by atoms with Crippen molar-refractivity contribution in [1.29, 1.82) is 0 Å². The van der Waals surface area contributed by atoms with Crippen molar-refractivity contribution in [1.82, 2.24) is 10.2 Å². The van der Waals surface area contributed by atoms with Gasteiger partial charge in [0.25, 0.3) is 0 Å². The molecular formula is C27H39N3O4S. The summed E-state index contributed by atoms with van der Waals surface area (Å²) in [6.07, 6.45) is 3.17. The summed E-state index contributed by atoms with van der Waals surface area (Å²) in [5, 5.41) is 2.88. The Hall–Kier alpha value is -2.87. The molecule has 35 heavy (non-hydrogen) atoms. The average Bonchev–Trinajstić information content (AvgIpc) is 2.81. The van der Waals surface area contributed by atoms with Crippen LogP contribution in [0.2, 0.25) is 0 Å². The van der Waals surface area contributed by atoms with Gasteiger partial charge in [0.05, 0.1) is 11.9 Å². The summed E-state index contributed by atoms with van der Waals surface area (Å²) in [7, 11) is -3.50. The van der Waals surface area contributed by atoms with E-state index in [1.807, 2.05) is 63.2 Å². The first-order valence-corrected chi connectivity index (χ1v) is 14.1. The van der Waals surface area contributed by atoms with E-state index >= 15 is 0 Å². The van der Waals surface area contributed by atoms with Crippen LogP contribution in [0.25, 0.3) is 0 Å². The Morgan fingerprint density at radius 2 is 1.54 bits per heavy atom. The Bertz CT molecular complexity index is 1050. The monoisotopic (exact) mass is 501 g/mol. The highest BCUT2D eigenvalue weighted by molar-refractivity contribution is 7.92. The SMILES string of the molecule is CCc1ccc(N(CCCC(=O)N(CCc2ccccc2)[C@H](C)C(=O)NC(C)C)S(C)(=O)=O)cc1. The van der Waals surface area contributed by atoms with Crippen LogP contribution in [0.1, 0.15) is 51.7 Å². The predicted molar refractivity (Wildman–Crippen MR) is 142 cm³/mol. The molecule has 0 aliphatic rings. The van der Waals surface area contributed by atoms with E-state index in [2.05, 4.69) is 5.32 Å². The second-order valence-electron chi connectivity index (χ2n) is 9.12. The lowest BCUT2D eigenvalue weighted by molar-refractivity contribution is -0.140. The summed E-state index contributed by atoms with van der Waals surface area (Å²) in [5.41, 5.74) is 2.79. The zero-order chi connectivity index (χ0) is 26.0. The van der Waals surface area contributed by atoms with E-state index in [1.54, 1.807) is 24.0 Å². The van der Waals surface area contributed by atoms with Crippen LogP contribution in [0.3, 0.4) is 0 Å². The van der Waals surface area contributed by atoms with Gasteiger partial charge in [-0.2, -0.15) is 0 Å². The fourth-order valence-electron chi connectivity index (χ4n) is 3.88. The van der Waals surface area contributed by atoms with E-state index in [-0.39, 0.29) is 30.8 Å². The summed E-state index contributed by atoms with van der Waals surface area (Å²) in [4.78, 5) is 27.5. The van der Waals surface area contributed by atoms with E-state index in [4.69, 9.17) is 0 Å². The molecule has 2 rings (SSSR count). The molecule has 8 heteroatoms. The lowest BCUT2D eigenvalue weighted by atomic mass is 10.1. The molecule has 1 atom stereocenters. The maximum atomic E-state index is 13.2. The third-order valence-corrected chi connectivity index (χ3v) is 7.06. The van der Waals surface area contributed by atoms with Crippen LogP contribution in [0, 0.1) is 0 Å². The van der Waals surface area contributed by atoms with Crippen molar-refractivity contribution < 1.29 is 18.0 Å². The molecule has 2 amide bonds. The molecular weight excluding hydrogens is 462 g/mol. The highest BCUT2D eigenvalue weighted by Gasteiger charge is 2.26. The predicted octanol–water partition coefficient (Wildman–Crippen LogP) is 3.78. The number of carbonyl (C=O) groups is 2. The average molecular weight is 502 g/mol. The number of amides is 2. The molecule has 0 saturated heterocycles. The summed E-state index contributed by atoms with van der Waals surface area (Å²) >= 11 is 0. The number of carbonyl (C=O) groups excluding carboxylic acids is 2. The number of sulfonamides is 1. The molecule has 0 aliphatic heterocycles. The maximum absolute atomic E-state index is 13.2. The highest BCUT2D eigenvalue weighted by atomic mass is 32.2. The standard InChI is InChI=1S/C27H39N3O4S/c1-6-23-14-16-25(17-15-23)30(35(5,33)34)19-10-13-26(31)29(22(4)27(32)28-21(2)3)20-18-24-11-8-7-9-12-24/h7-9,11-12,14-17,21-22H,6,10,13,18-20H2,1-5H3,(H,28,32)/t22-/m1/s1. The summed E-state index contributed by atoms with van der Waals surface area (Å²) in [5.74, 6) is -0.364. The van der Waals surface area contributed by atoms with E-state index in [0.717, 1.165) is 17.5 Å². The van der Waals surface area contributed by atoms with Crippen LogP contribution in [0.4, 0.5) is 5.69 Å². The van der Waals surface area contributed by atoms with Gasteiger partial charge in [-0.1, -0.05) is 49.4 Å². The number of hydrogen-bond donors (Lipinski definition) is 1. The topological polar surface area (TPSA) is 86.8 Å². The third-order valence-electron chi connectivity index (χ3n) is 5.87. The maximum Gasteiger partial charge on any atom is 0.242 e. The van der Waals surface area contributed by atoms with Crippen LogP contribution < -0.4 is 9.62 Å². The van der Waals surface area contributed by atoms with Crippen molar-refractivity contribution in [3.8, 4) is 0 Å². The van der Waals surface area contributed by atoms with E-state index in [1.165, 1.54) is 10.6 Å². The van der Waals surface area contributed by atoms with Crippen LogP contribution in [0.5, 0.6) is 0 Å². The Balaban J connectivity index is 2.10. The zero-order valence-corrected chi connectivity index (χ0v) is 22.3. The number of nitrogens with one attached hydrogen (secondary N) is 1. The minimum Gasteiger partial charge on any atom is -0.352 e. The molecule has 2 aromatic rings. The number of benzene rings is 2. The molecule has 0 radical (unpaired) electrons. The molecule has 0 heterocycles. The van der Waals surface area contributed by atoms with Crippen LogP contribution in [-0.4, -0.2) is 56.6 Å². The largest absolute Gasteiger partial charge is 0.352 e. The van der Waals surface area contributed by atoms with Crippen molar-refractivity contribution in [3.05, 3.63) is 65.7 Å².